The minimum Gasteiger partial charge on any atom is -0.497 e. The lowest BCUT2D eigenvalue weighted by Gasteiger charge is -2.09. The van der Waals surface area contributed by atoms with Gasteiger partial charge in [0.05, 0.1) is 7.11 Å². The summed E-state index contributed by atoms with van der Waals surface area (Å²) < 4.78 is 31.3. The number of rotatable bonds is 6. The fraction of sp³-hybridized carbons (Fsp3) is 0.111. The smallest absolute Gasteiger partial charge is 0.229 e. The van der Waals surface area contributed by atoms with E-state index < -0.39 is 11.6 Å². The molecule has 5 nitrogen and oxygen atoms in total. The van der Waals surface area contributed by atoms with Gasteiger partial charge in [0.15, 0.2) is 11.6 Å². The van der Waals surface area contributed by atoms with Crippen molar-refractivity contribution >= 4 is 17.5 Å². The highest BCUT2D eigenvalue weighted by Gasteiger charge is 2.05. The van der Waals surface area contributed by atoms with E-state index in [4.69, 9.17) is 4.74 Å². The summed E-state index contributed by atoms with van der Waals surface area (Å²) in [5.74, 6) is -0.148. The number of hydrogen-bond acceptors (Lipinski definition) is 5. The molecule has 0 atom stereocenters. The third kappa shape index (κ3) is 4.41. The number of halogens is 2. The summed E-state index contributed by atoms with van der Waals surface area (Å²) in [4.78, 5) is 8.36. The average molecular weight is 342 g/mol. The molecule has 0 aliphatic carbocycles. The van der Waals surface area contributed by atoms with Crippen LogP contribution in [0.3, 0.4) is 0 Å². The number of aromatic nitrogens is 2. The van der Waals surface area contributed by atoms with Gasteiger partial charge in [-0.25, -0.2) is 13.8 Å². The molecule has 25 heavy (non-hydrogen) atoms. The van der Waals surface area contributed by atoms with Gasteiger partial charge in [0.1, 0.15) is 11.6 Å². The lowest BCUT2D eigenvalue weighted by molar-refractivity contribution is 0.414. The van der Waals surface area contributed by atoms with Crippen molar-refractivity contribution in [3.8, 4) is 5.75 Å². The standard InChI is InChI=1S/C18H16F2N4O/c1-25-14-5-2-12(3-6-14)11-22-17-8-9-21-18(24-17)23-13-4-7-15(19)16(20)10-13/h2-10H,11H2,1H3,(H2,21,22,23,24). The van der Waals surface area contributed by atoms with Gasteiger partial charge >= 0.3 is 0 Å². The van der Waals surface area contributed by atoms with Crippen molar-refractivity contribution in [3.05, 3.63) is 71.9 Å². The van der Waals surface area contributed by atoms with E-state index >= 15 is 0 Å². The molecule has 3 aromatic rings. The molecule has 0 unspecified atom stereocenters. The maximum absolute atomic E-state index is 13.2. The van der Waals surface area contributed by atoms with Crippen LogP contribution in [0.25, 0.3) is 0 Å². The third-order valence-electron chi connectivity index (χ3n) is 3.46. The first-order chi connectivity index (χ1) is 12.1. The summed E-state index contributed by atoms with van der Waals surface area (Å²) in [5.41, 5.74) is 1.43. The summed E-state index contributed by atoms with van der Waals surface area (Å²) in [6, 6.07) is 12.9. The normalized spacial score (nSPS) is 10.4. The van der Waals surface area contributed by atoms with Gasteiger partial charge in [-0.1, -0.05) is 12.1 Å². The third-order valence-corrected chi connectivity index (χ3v) is 3.46. The van der Waals surface area contributed by atoms with Gasteiger partial charge in [0.25, 0.3) is 0 Å². The predicted octanol–water partition coefficient (Wildman–Crippen LogP) is 4.12. The molecule has 7 heteroatoms. The molecule has 0 fully saturated rings. The lowest BCUT2D eigenvalue weighted by atomic mass is 10.2. The molecule has 2 aromatic carbocycles. The van der Waals surface area contributed by atoms with Crippen LogP contribution >= 0.6 is 0 Å². The number of methoxy groups -OCH3 is 1. The quantitative estimate of drug-likeness (QED) is 0.706. The predicted molar refractivity (Wildman–Crippen MR) is 92.0 cm³/mol. The zero-order valence-corrected chi connectivity index (χ0v) is 13.5. The first kappa shape index (κ1) is 16.6. The van der Waals surface area contributed by atoms with E-state index in [1.54, 1.807) is 19.4 Å². The van der Waals surface area contributed by atoms with Crippen LogP contribution in [0.5, 0.6) is 5.75 Å². The average Bonchev–Trinajstić information content (AvgIpc) is 2.64. The summed E-state index contributed by atoms with van der Waals surface area (Å²) >= 11 is 0. The van der Waals surface area contributed by atoms with Gasteiger partial charge in [-0.3, -0.25) is 0 Å². The molecular weight excluding hydrogens is 326 g/mol. The molecular formula is C18H16F2N4O. The van der Waals surface area contributed by atoms with Gasteiger partial charge in [0, 0.05) is 24.5 Å². The van der Waals surface area contributed by atoms with Crippen molar-refractivity contribution in [1.29, 1.82) is 0 Å². The Morgan fingerprint density at radius 1 is 1.00 bits per heavy atom. The minimum absolute atomic E-state index is 0.283. The Hall–Kier alpha value is -3.22. The molecule has 0 saturated carbocycles. The van der Waals surface area contributed by atoms with Crippen molar-refractivity contribution in [2.75, 3.05) is 17.7 Å². The number of hydrogen-bond donors (Lipinski definition) is 2. The Bertz CT molecular complexity index is 856. The largest absolute Gasteiger partial charge is 0.497 e. The van der Waals surface area contributed by atoms with E-state index in [0.29, 0.717) is 18.1 Å². The summed E-state index contributed by atoms with van der Waals surface area (Å²) in [6.07, 6.45) is 1.57. The second kappa shape index (κ2) is 7.57. The Kier molecular flexibility index (Phi) is 5.03. The number of anilines is 3. The molecule has 1 heterocycles. The highest BCUT2D eigenvalue weighted by Crippen LogP contribution is 2.18. The summed E-state index contributed by atoms with van der Waals surface area (Å²) in [5, 5.41) is 6.02. The molecule has 0 aliphatic rings. The second-order valence-corrected chi connectivity index (χ2v) is 5.22. The molecule has 3 rings (SSSR count). The highest BCUT2D eigenvalue weighted by molar-refractivity contribution is 5.54. The van der Waals surface area contributed by atoms with Gasteiger partial charge < -0.3 is 15.4 Å². The van der Waals surface area contributed by atoms with Crippen molar-refractivity contribution in [2.45, 2.75) is 6.54 Å². The van der Waals surface area contributed by atoms with Crippen LogP contribution < -0.4 is 15.4 Å². The van der Waals surface area contributed by atoms with Gasteiger partial charge in [-0.15, -0.1) is 0 Å². The second-order valence-electron chi connectivity index (χ2n) is 5.22. The van der Waals surface area contributed by atoms with Gasteiger partial charge in [-0.2, -0.15) is 4.98 Å². The van der Waals surface area contributed by atoms with Crippen LogP contribution in [0.2, 0.25) is 0 Å². The van der Waals surface area contributed by atoms with E-state index in [1.807, 2.05) is 24.3 Å². The van der Waals surface area contributed by atoms with Gasteiger partial charge in [-0.05, 0) is 35.9 Å². The van der Waals surface area contributed by atoms with Crippen molar-refractivity contribution in [3.63, 3.8) is 0 Å². The van der Waals surface area contributed by atoms with Crippen LogP contribution in [0, 0.1) is 11.6 Å². The Morgan fingerprint density at radius 3 is 2.52 bits per heavy atom. The molecule has 0 saturated heterocycles. The topological polar surface area (TPSA) is 59.1 Å². The number of benzene rings is 2. The SMILES string of the molecule is COc1ccc(CNc2ccnc(Nc3ccc(F)c(F)c3)n2)cc1. The summed E-state index contributed by atoms with van der Waals surface area (Å²) in [6.45, 7) is 0.575. The zero-order chi connectivity index (χ0) is 17.6. The highest BCUT2D eigenvalue weighted by atomic mass is 19.2. The van der Waals surface area contributed by atoms with Crippen molar-refractivity contribution < 1.29 is 13.5 Å². The number of nitrogens with zero attached hydrogens (tertiary/aromatic N) is 2. The van der Waals surface area contributed by atoms with Crippen LogP contribution in [-0.2, 0) is 6.54 Å². The van der Waals surface area contributed by atoms with E-state index in [0.717, 1.165) is 23.4 Å². The first-order valence-corrected chi connectivity index (χ1v) is 7.56. The fourth-order valence-electron chi connectivity index (χ4n) is 2.16. The molecule has 0 spiro atoms. The van der Waals surface area contributed by atoms with Crippen LogP contribution in [0.4, 0.5) is 26.2 Å². The Balaban J connectivity index is 1.65. The lowest BCUT2D eigenvalue weighted by Crippen LogP contribution is -2.04. The molecule has 0 radical (unpaired) electrons. The Morgan fingerprint density at radius 2 is 1.80 bits per heavy atom. The fourth-order valence-corrected chi connectivity index (χ4v) is 2.16. The summed E-state index contributed by atoms with van der Waals surface area (Å²) in [7, 11) is 1.62. The molecule has 0 aliphatic heterocycles. The maximum Gasteiger partial charge on any atom is 0.229 e. The molecule has 0 amide bonds. The van der Waals surface area contributed by atoms with E-state index in [9.17, 15) is 8.78 Å². The Labute approximate surface area is 143 Å². The monoisotopic (exact) mass is 342 g/mol. The number of ether oxygens (including phenoxy) is 1. The zero-order valence-electron chi connectivity index (χ0n) is 13.5. The van der Waals surface area contributed by atoms with Crippen LogP contribution in [-0.4, -0.2) is 17.1 Å². The molecule has 2 N–H and O–H groups in total. The van der Waals surface area contributed by atoms with E-state index in [1.165, 1.54) is 6.07 Å². The van der Waals surface area contributed by atoms with Crippen molar-refractivity contribution in [2.24, 2.45) is 0 Å². The van der Waals surface area contributed by atoms with Crippen molar-refractivity contribution in [1.82, 2.24) is 9.97 Å². The number of nitrogens with one attached hydrogen (secondary N) is 2. The molecule has 128 valence electrons. The van der Waals surface area contributed by atoms with E-state index in [2.05, 4.69) is 20.6 Å². The maximum atomic E-state index is 13.2. The first-order valence-electron chi connectivity index (χ1n) is 7.56. The molecule has 0 bridgehead atoms. The minimum atomic E-state index is -0.932. The molecule has 1 aromatic heterocycles. The van der Waals surface area contributed by atoms with Crippen LogP contribution in [0.1, 0.15) is 5.56 Å². The van der Waals surface area contributed by atoms with Gasteiger partial charge in [0.2, 0.25) is 5.95 Å². The van der Waals surface area contributed by atoms with Crippen LogP contribution in [0.15, 0.2) is 54.7 Å². The van der Waals surface area contributed by atoms with E-state index in [-0.39, 0.29) is 5.95 Å².